The van der Waals surface area contributed by atoms with Gasteiger partial charge in [-0.2, -0.15) is 0 Å². The summed E-state index contributed by atoms with van der Waals surface area (Å²) in [7, 11) is -4.14. The highest BCUT2D eigenvalue weighted by Gasteiger charge is 2.43. The van der Waals surface area contributed by atoms with Crippen molar-refractivity contribution >= 4 is 33.2 Å². The van der Waals surface area contributed by atoms with E-state index in [4.69, 9.17) is 21.2 Å². The summed E-state index contributed by atoms with van der Waals surface area (Å²) in [6.45, 7) is 3.94. The third-order valence-electron chi connectivity index (χ3n) is 9.03. The Kier molecular flexibility index (Phi) is 7.26. The van der Waals surface area contributed by atoms with Crippen LogP contribution in [0.3, 0.4) is 0 Å². The number of hydroxylamine groups is 1. The summed E-state index contributed by atoms with van der Waals surface area (Å²) in [5.41, 5.74) is 2.92. The Morgan fingerprint density at radius 1 is 1.05 bits per heavy atom. The summed E-state index contributed by atoms with van der Waals surface area (Å²) in [5.74, 6) is -0.469. The molecule has 7 nitrogen and oxygen atoms in total. The molecular weight excluding hydrogens is 548 g/mol. The molecule has 213 valence electrons. The highest BCUT2D eigenvalue weighted by molar-refractivity contribution is 7.90. The van der Waals surface area contributed by atoms with Crippen LogP contribution in [0.5, 0.6) is 0 Å². The third kappa shape index (κ3) is 5.20. The van der Waals surface area contributed by atoms with E-state index in [0.717, 1.165) is 61.2 Å². The Bertz CT molecular complexity index is 1460. The molecule has 2 bridgehead atoms. The predicted octanol–water partition coefficient (Wildman–Crippen LogP) is 5.45. The summed E-state index contributed by atoms with van der Waals surface area (Å²) in [5, 5.41) is 2.71. The quantitative estimate of drug-likeness (QED) is 0.444. The topological polar surface area (TPSA) is 84.9 Å². The van der Waals surface area contributed by atoms with Crippen molar-refractivity contribution in [3.8, 4) is 0 Å². The standard InChI is InChI=1S/C31H36ClN2O5S/c1-30(2)29(35)33-40(36,37)25-11-8-21-14-16-31(15-5-7-23-18-24(32)10-12-26(23)31)20-34(27(21)19-25)39-28-13-9-22(28)6-3-4-17-38-30/h3-4,6,8,10-12,18-19,22,28H,5,7,9,13-17,20H2,1-2H3,(H,33,35)/b4-3+/t22-,28-,31-/m1/s1. The molecular formula is C31H36ClN2O5S. The van der Waals surface area contributed by atoms with Gasteiger partial charge in [0, 0.05) is 10.4 Å². The first-order chi connectivity index (χ1) is 19.1. The SMILES string of the molecule is CC1(C)OC/C=C/[CH][C@@H]2CC[C@H]2ON2C[C@@]3(CCCc4cc(Cl)ccc43)CCc3ccc(cc32)S(=O)(=O)NC1=O. The van der Waals surface area contributed by atoms with Crippen LogP contribution in [0.1, 0.15) is 62.6 Å². The maximum absolute atomic E-state index is 13.4. The second kappa shape index (κ2) is 10.5. The van der Waals surface area contributed by atoms with Gasteiger partial charge in [-0.25, -0.2) is 13.1 Å². The van der Waals surface area contributed by atoms with Gasteiger partial charge in [0.2, 0.25) is 0 Å². The molecule has 2 aromatic rings. The van der Waals surface area contributed by atoms with Gasteiger partial charge in [0.15, 0.2) is 0 Å². The minimum Gasteiger partial charge on any atom is -0.362 e. The molecule has 9 heteroatoms. The maximum Gasteiger partial charge on any atom is 0.265 e. The maximum atomic E-state index is 13.4. The molecule has 2 aromatic carbocycles. The van der Waals surface area contributed by atoms with Crippen LogP contribution in [-0.4, -0.2) is 39.2 Å². The molecule has 1 N–H and O–H groups in total. The van der Waals surface area contributed by atoms with Crippen LogP contribution in [0.25, 0.3) is 0 Å². The summed E-state index contributed by atoms with van der Waals surface area (Å²) in [6, 6.07) is 11.3. The van der Waals surface area contributed by atoms with Gasteiger partial charge in [0.05, 0.1) is 29.8 Å². The van der Waals surface area contributed by atoms with Crippen molar-refractivity contribution in [2.24, 2.45) is 5.92 Å². The van der Waals surface area contributed by atoms with Crippen LogP contribution in [0.2, 0.25) is 5.02 Å². The first-order valence-electron chi connectivity index (χ1n) is 14.1. The average molecular weight is 584 g/mol. The zero-order chi connectivity index (χ0) is 28.1. The molecule has 4 aliphatic rings. The fourth-order valence-corrected chi connectivity index (χ4v) is 7.75. The second-order valence-corrected chi connectivity index (χ2v) is 14.1. The molecule has 3 atom stereocenters. The second-order valence-electron chi connectivity index (χ2n) is 12.0. The van der Waals surface area contributed by atoms with Gasteiger partial charge in [0.25, 0.3) is 15.9 Å². The molecule has 2 aliphatic carbocycles. The molecule has 1 radical (unpaired) electrons. The van der Waals surface area contributed by atoms with E-state index in [-0.39, 0.29) is 28.9 Å². The number of aryl methyl sites for hydroxylation is 2. The van der Waals surface area contributed by atoms with E-state index in [2.05, 4.69) is 23.3 Å². The summed E-state index contributed by atoms with van der Waals surface area (Å²) >= 11 is 6.38. The van der Waals surface area contributed by atoms with Crippen LogP contribution in [0.15, 0.2) is 53.4 Å². The van der Waals surface area contributed by atoms with Gasteiger partial charge in [-0.3, -0.25) is 14.7 Å². The third-order valence-corrected chi connectivity index (χ3v) is 10.6. The predicted molar refractivity (Wildman–Crippen MR) is 155 cm³/mol. The van der Waals surface area contributed by atoms with E-state index < -0.39 is 21.5 Å². The Morgan fingerprint density at radius 2 is 1.90 bits per heavy atom. The van der Waals surface area contributed by atoms with Crippen molar-refractivity contribution in [3.05, 3.63) is 76.7 Å². The molecule has 1 spiro atoms. The summed E-state index contributed by atoms with van der Waals surface area (Å²) in [4.78, 5) is 19.7. The first kappa shape index (κ1) is 27.8. The molecule has 40 heavy (non-hydrogen) atoms. The number of hydrogen-bond acceptors (Lipinski definition) is 6. The van der Waals surface area contributed by atoms with Crippen molar-refractivity contribution in [3.63, 3.8) is 0 Å². The minimum absolute atomic E-state index is 0.00819. The number of ether oxygens (including phenoxy) is 1. The Balaban J connectivity index is 1.43. The molecule has 0 aromatic heterocycles. The van der Waals surface area contributed by atoms with E-state index in [1.165, 1.54) is 11.1 Å². The van der Waals surface area contributed by atoms with Gasteiger partial charge in [-0.1, -0.05) is 35.9 Å². The van der Waals surface area contributed by atoms with Crippen molar-refractivity contribution in [1.29, 1.82) is 0 Å². The monoisotopic (exact) mass is 583 g/mol. The summed E-state index contributed by atoms with van der Waals surface area (Å²) in [6.07, 6.45) is 12.7. The van der Waals surface area contributed by atoms with Crippen molar-refractivity contribution in [2.75, 3.05) is 18.2 Å². The number of rotatable bonds is 0. The van der Waals surface area contributed by atoms with E-state index in [0.29, 0.717) is 6.54 Å². The van der Waals surface area contributed by atoms with Crippen molar-refractivity contribution < 1.29 is 22.8 Å². The highest BCUT2D eigenvalue weighted by Crippen LogP contribution is 2.47. The zero-order valence-corrected chi connectivity index (χ0v) is 24.6. The van der Waals surface area contributed by atoms with Gasteiger partial charge in [-0.15, -0.1) is 0 Å². The molecule has 1 saturated carbocycles. The lowest BCUT2D eigenvalue weighted by molar-refractivity contribution is -0.139. The molecule has 1 amide bonds. The van der Waals surface area contributed by atoms with E-state index in [1.54, 1.807) is 26.0 Å². The van der Waals surface area contributed by atoms with E-state index in [9.17, 15) is 13.2 Å². The number of carbonyl (C=O) groups excluding carboxylic acids is 1. The van der Waals surface area contributed by atoms with E-state index >= 15 is 0 Å². The van der Waals surface area contributed by atoms with Gasteiger partial charge in [-0.05, 0) is 112 Å². The lowest BCUT2D eigenvalue weighted by Crippen LogP contribution is -2.47. The fraction of sp³-hybridized carbons (Fsp3) is 0.484. The Hall–Kier alpha value is -2.39. The van der Waals surface area contributed by atoms with Crippen molar-refractivity contribution in [2.45, 2.75) is 80.8 Å². The van der Waals surface area contributed by atoms with Gasteiger partial charge < -0.3 is 4.74 Å². The van der Waals surface area contributed by atoms with Crippen molar-refractivity contribution in [1.82, 2.24) is 4.72 Å². The van der Waals surface area contributed by atoms with Crippen LogP contribution in [-0.2, 0) is 42.6 Å². The molecule has 0 saturated heterocycles. The normalized spacial score (nSPS) is 30.3. The number of halogens is 1. The van der Waals surface area contributed by atoms with Crippen LogP contribution >= 0.6 is 11.6 Å². The summed E-state index contributed by atoms with van der Waals surface area (Å²) < 4.78 is 34.8. The minimum atomic E-state index is -4.14. The molecule has 6 rings (SSSR count). The smallest absolute Gasteiger partial charge is 0.265 e. The molecule has 1 fully saturated rings. The van der Waals surface area contributed by atoms with Crippen LogP contribution in [0.4, 0.5) is 5.69 Å². The first-order valence-corrected chi connectivity index (χ1v) is 16.0. The van der Waals surface area contributed by atoms with Gasteiger partial charge in [0.1, 0.15) is 5.60 Å². The number of carbonyl (C=O) groups is 1. The number of fused-ring (bicyclic) bond motifs is 4. The Morgan fingerprint density at radius 3 is 2.70 bits per heavy atom. The number of nitrogens with one attached hydrogen (secondary N) is 1. The lowest BCUT2D eigenvalue weighted by Gasteiger charge is -2.44. The number of benzene rings is 2. The highest BCUT2D eigenvalue weighted by atomic mass is 35.5. The fourth-order valence-electron chi connectivity index (χ4n) is 6.44. The lowest BCUT2D eigenvalue weighted by atomic mass is 9.67. The zero-order valence-electron chi connectivity index (χ0n) is 23.0. The Labute approximate surface area is 241 Å². The van der Waals surface area contributed by atoms with Crippen LogP contribution in [0, 0.1) is 12.3 Å². The average Bonchev–Trinajstić information content (AvgIpc) is 3.05. The molecule has 2 heterocycles. The number of hydrogen-bond donors (Lipinski definition) is 1. The molecule has 0 unspecified atom stereocenters. The number of sulfonamides is 1. The van der Waals surface area contributed by atoms with Gasteiger partial charge >= 0.3 is 0 Å². The molecule has 2 aliphatic heterocycles. The number of amides is 1. The van der Waals surface area contributed by atoms with Crippen LogP contribution < -0.4 is 9.79 Å². The number of anilines is 1. The number of allylic oxidation sites excluding steroid dienone is 1. The largest absolute Gasteiger partial charge is 0.362 e. The number of nitrogens with zero attached hydrogens (tertiary/aromatic N) is 1. The van der Waals surface area contributed by atoms with E-state index in [1.807, 2.05) is 29.3 Å².